The Morgan fingerprint density at radius 1 is 1.71 bits per heavy atom. The molecule has 2 rings (SSSR count). The lowest BCUT2D eigenvalue weighted by molar-refractivity contribution is 0.0189. The van der Waals surface area contributed by atoms with Crippen LogP contribution in [0.15, 0.2) is 15.9 Å². The lowest BCUT2D eigenvalue weighted by Crippen LogP contribution is -2.40. The molecule has 0 amide bonds. The molecule has 17 heavy (non-hydrogen) atoms. The molecule has 1 aliphatic rings. The Kier molecular flexibility index (Phi) is 4.60. The van der Waals surface area contributed by atoms with Gasteiger partial charge in [0.2, 0.25) is 0 Å². The SMILES string of the molecule is CC1(CNC(CN)c2sccc2Br)CCCO1. The molecule has 3 nitrogen and oxygen atoms in total. The van der Waals surface area contributed by atoms with Crippen molar-refractivity contribution in [2.75, 3.05) is 19.7 Å². The number of nitrogens with one attached hydrogen (secondary N) is 1. The fourth-order valence-electron chi connectivity index (χ4n) is 2.15. The maximum atomic E-state index is 5.84. The second-order valence-electron chi connectivity index (χ2n) is 4.70. The summed E-state index contributed by atoms with van der Waals surface area (Å²) in [5, 5.41) is 5.61. The molecule has 0 aliphatic carbocycles. The maximum Gasteiger partial charge on any atom is 0.0779 e. The Balaban J connectivity index is 1.94. The Labute approximate surface area is 115 Å². The van der Waals surface area contributed by atoms with Crippen LogP contribution in [0.25, 0.3) is 0 Å². The van der Waals surface area contributed by atoms with E-state index in [1.807, 2.05) is 0 Å². The summed E-state index contributed by atoms with van der Waals surface area (Å²) in [7, 11) is 0. The highest BCUT2D eigenvalue weighted by molar-refractivity contribution is 9.10. The van der Waals surface area contributed by atoms with Crippen LogP contribution in [0.4, 0.5) is 0 Å². The predicted molar refractivity (Wildman–Crippen MR) is 75.4 cm³/mol. The Morgan fingerprint density at radius 3 is 3.06 bits per heavy atom. The van der Waals surface area contributed by atoms with Crippen molar-refractivity contribution in [2.45, 2.75) is 31.4 Å². The van der Waals surface area contributed by atoms with E-state index in [1.165, 1.54) is 4.88 Å². The van der Waals surface area contributed by atoms with Crippen LogP contribution in [0.1, 0.15) is 30.7 Å². The van der Waals surface area contributed by atoms with Gasteiger partial charge >= 0.3 is 0 Å². The van der Waals surface area contributed by atoms with Crippen molar-refractivity contribution >= 4 is 27.3 Å². The zero-order chi connectivity index (χ0) is 12.3. The number of hydrogen-bond acceptors (Lipinski definition) is 4. The minimum absolute atomic E-state index is 0.0167. The quantitative estimate of drug-likeness (QED) is 0.877. The van der Waals surface area contributed by atoms with E-state index in [0.29, 0.717) is 6.54 Å². The van der Waals surface area contributed by atoms with Crippen molar-refractivity contribution < 1.29 is 4.74 Å². The number of nitrogens with two attached hydrogens (primary N) is 1. The molecule has 1 aliphatic heterocycles. The maximum absolute atomic E-state index is 5.84. The molecule has 1 fully saturated rings. The zero-order valence-corrected chi connectivity index (χ0v) is 12.4. The number of ether oxygens (including phenoxy) is 1. The molecule has 0 spiro atoms. The van der Waals surface area contributed by atoms with Gasteiger partial charge in [-0.1, -0.05) is 0 Å². The lowest BCUT2D eigenvalue weighted by atomic mass is 10.0. The third-order valence-electron chi connectivity index (χ3n) is 3.22. The third kappa shape index (κ3) is 3.29. The molecule has 0 saturated carbocycles. The molecule has 2 atom stereocenters. The van der Waals surface area contributed by atoms with Gasteiger partial charge in [-0.2, -0.15) is 0 Å². The van der Waals surface area contributed by atoms with E-state index in [9.17, 15) is 0 Å². The highest BCUT2D eigenvalue weighted by atomic mass is 79.9. The summed E-state index contributed by atoms with van der Waals surface area (Å²) in [5.41, 5.74) is 5.83. The molecule has 0 radical (unpaired) electrons. The molecule has 5 heteroatoms. The van der Waals surface area contributed by atoms with E-state index < -0.39 is 0 Å². The van der Waals surface area contributed by atoms with Crippen molar-refractivity contribution in [1.29, 1.82) is 0 Å². The topological polar surface area (TPSA) is 47.3 Å². The predicted octanol–water partition coefficient (Wildman–Crippen LogP) is 2.67. The van der Waals surface area contributed by atoms with Gasteiger partial charge in [0.25, 0.3) is 0 Å². The molecular weight excluding hydrogens is 300 g/mol. The van der Waals surface area contributed by atoms with Gasteiger partial charge in [0, 0.05) is 29.0 Å². The van der Waals surface area contributed by atoms with Crippen LogP contribution in [-0.4, -0.2) is 25.3 Å². The van der Waals surface area contributed by atoms with E-state index in [4.69, 9.17) is 10.5 Å². The standard InChI is InChI=1S/C12H19BrN2OS/c1-12(4-2-5-16-12)8-15-10(7-14)11-9(13)3-6-17-11/h3,6,10,15H,2,4-5,7-8,14H2,1H3. The smallest absolute Gasteiger partial charge is 0.0779 e. The molecule has 0 bridgehead atoms. The second kappa shape index (κ2) is 5.80. The van der Waals surface area contributed by atoms with Gasteiger partial charge in [0.1, 0.15) is 0 Å². The van der Waals surface area contributed by atoms with Crippen molar-refractivity contribution in [1.82, 2.24) is 5.32 Å². The minimum atomic E-state index is -0.0167. The molecule has 96 valence electrons. The van der Waals surface area contributed by atoms with E-state index in [0.717, 1.165) is 30.5 Å². The van der Waals surface area contributed by atoms with Gasteiger partial charge in [-0.05, 0) is 47.1 Å². The van der Waals surface area contributed by atoms with Crippen molar-refractivity contribution in [2.24, 2.45) is 5.73 Å². The van der Waals surface area contributed by atoms with Gasteiger partial charge in [0.05, 0.1) is 11.6 Å². The highest BCUT2D eigenvalue weighted by Crippen LogP contribution is 2.30. The molecule has 1 aromatic rings. The third-order valence-corrected chi connectivity index (χ3v) is 5.20. The lowest BCUT2D eigenvalue weighted by Gasteiger charge is -2.26. The Hall–Kier alpha value is 0.0600. The van der Waals surface area contributed by atoms with Crippen LogP contribution in [0.5, 0.6) is 0 Å². The number of rotatable bonds is 5. The van der Waals surface area contributed by atoms with E-state index in [2.05, 4.69) is 39.6 Å². The first-order valence-electron chi connectivity index (χ1n) is 5.95. The first-order valence-corrected chi connectivity index (χ1v) is 7.62. The van der Waals surface area contributed by atoms with E-state index in [1.54, 1.807) is 11.3 Å². The van der Waals surface area contributed by atoms with E-state index in [-0.39, 0.29) is 11.6 Å². The fraction of sp³-hybridized carbons (Fsp3) is 0.667. The van der Waals surface area contributed by atoms with Crippen LogP contribution in [0.3, 0.4) is 0 Å². The molecule has 0 aromatic carbocycles. The molecule has 1 saturated heterocycles. The first-order chi connectivity index (χ1) is 8.14. The summed E-state index contributed by atoms with van der Waals surface area (Å²) in [5.74, 6) is 0. The molecule has 2 heterocycles. The van der Waals surface area contributed by atoms with Crippen molar-refractivity contribution in [3.63, 3.8) is 0 Å². The van der Waals surface area contributed by atoms with Gasteiger partial charge in [-0.15, -0.1) is 11.3 Å². The summed E-state index contributed by atoms with van der Waals surface area (Å²) in [6.45, 7) is 4.52. The molecule has 2 unspecified atom stereocenters. The molecule has 3 N–H and O–H groups in total. The Morgan fingerprint density at radius 2 is 2.53 bits per heavy atom. The van der Waals surface area contributed by atoms with Crippen molar-refractivity contribution in [3.8, 4) is 0 Å². The average molecular weight is 319 g/mol. The van der Waals surface area contributed by atoms with Crippen LogP contribution >= 0.6 is 27.3 Å². The van der Waals surface area contributed by atoms with Crippen LogP contribution in [0, 0.1) is 0 Å². The van der Waals surface area contributed by atoms with Crippen LogP contribution in [0.2, 0.25) is 0 Å². The molecule has 1 aromatic heterocycles. The summed E-state index contributed by atoms with van der Waals surface area (Å²) >= 11 is 5.29. The molecular formula is C12H19BrN2OS. The summed E-state index contributed by atoms with van der Waals surface area (Å²) < 4.78 is 6.91. The fourth-order valence-corrected chi connectivity index (χ4v) is 3.89. The number of halogens is 1. The monoisotopic (exact) mass is 318 g/mol. The van der Waals surface area contributed by atoms with Crippen LogP contribution < -0.4 is 11.1 Å². The van der Waals surface area contributed by atoms with E-state index >= 15 is 0 Å². The summed E-state index contributed by atoms with van der Waals surface area (Å²) in [4.78, 5) is 1.27. The first kappa shape index (κ1) is 13.5. The second-order valence-corrected chi connectivity index (χ2v) is 6.51. The minimum Gasteiger partial charge on any atom is -0.374 e. The highest BCUT2D eigenvalue weighted by Gasteiger charge is 2.30. The average Bonchev–Trinajstić information content (AvgIpc) is 2.90. The number of hydrogen-bond donors (Lipinski definition) is 2. The van der Waals surface area contributed by atoms with Gasteiger partial charge in [-0.3, -0.25) is 0 Å². The van der Waals surface area contributed by atoms with Crippen molar-refractivity contribution in [3.05, 3.63) is 20.8 Å². The van der Waals surface area contributed by atoms with Gasteiger partial charge < -0.3 is 15.8 Å². The van der Waals surface area contributed by atoms with Gasteiger partial charge in [0.15, 0.2) is 0 Å². The van der Waals surface area contributed by atoms with Gasteiger partial charge in [-0.25, -0.2) is 0 Å². The normalized spacial score (nSPS) is 26.3. The summed E-state index contributed by atoms with van der Waals surface area (Å²) in [6.07, 6.45) is 2.29. The largest absolute Gasteiger partial charge is 0.374 e. The van der Waals surface area contributed by atoms with Crippen LogP contribution in [-0.2, 0) is 4.74 Å². The Bertz CT molecular complexity index is 363. The zero-order valence-electron chi connectivity index (χ0n) is 10.0. The number of thiophene rings is 1. The summed E-state index contributed by atoms with van der Waals surface area (Å²) in [6, 6.07) is 2.28.